The highest BCUT2D eigenvalue weighted by Gasteiger charge is 2.18. The molecule has 1 aliphatic heterocycles. The Hall–Kier alpha value is 0.0600. The number of likely N-dealkylation sites (tertiary alicyclic amines) is 1. The van der Waals surface area contributed by atoms with Crippen molar-refractivity contribution in [1.29, 1.82) is 0 Å². The molecule has 0 amide bonds. The highest BCUT2D eigenvalue weighted by atomic mass is 35.5. The lowest BCUT2D eigenvalue weighted by Crippen LogP contribution is -2.44. The highest BCUT2D eigenvalue weighted by Crippen LogP contribution is 2.27. The molecule has 1 unspecified atom stereocenters. The predicted octanol–water partition coefficient (Wildman–Crippen LogP) is 4.77. The maximum atomic E-state index is 10.4. The largest absolute Gasteiger partial charge is 0.489 e. The van der Waals surface area contributed by atoms with Crippen LogP contribution in [0.5, 0.6) is 5.75 Å². The second kappa shape index (κ2) is 14.1. The van der Waals surface area contributed by atoms with Crippen molar-refractivity contribution >= 4 is 48.0 Å². The number of hydrogen-bond acceptors (Lipinski definition) is 4. The number of piperidine rings is 1. The van der Waals surface area contributed by atoms with E-state index in [9.17, 15) is 5.11 Å². The van der Waals surface area contributed by atoms with Crippen LogP contribution in [-0.4, -0.2) is 66.4 Å². The summed E-state index contributed by atoms with van der Waals surface area (Å²) in [6.07, 6.45) is 3.41. The van der Waals surface area contributed by atoms with Gasteiger partial charge >= 0.3 is 0 Å². The Morgan fingerprint density at radius 1 is 1.15 bits per heavy atom. The van der Waals surface area contributed by atoms with Crippen LogP contribution in [0.1, 0.15) is 33.1 Å². The Labute approximate surface area is 186 Å². The van der Waals surface area contributed by atoms with Crippen LogP contribution in [-0.2, 0) is 0 Å². The van der Waals surface area contributed by atoms with Crippen molar-refractivity contribution in [1.82, 2.24) is 9.80 Å². The Balaban J connectivity index is 0.00000338. The first kappa shape index (κ1) is 27.1. The molecule has 0 spiro atoms. The summed E-state index contributed by atoms with van der Waals surface area (Å²) in [4.78, 5) is 4.83. The van der Waals surface area contributed by atoms with Gasteiger partial charge in [-0.2, -0.15) is 0 Å². The molecule has 0 aliphatic carbocycles. The SMILES string of the molecule is CC(C)N(CCN1CCCCC1)CC(O)COc1ccc(Cl)cc1Cl.Cl.Cl. The van der Waals surface area contributed by atoms with Crippen molar-refractivity contribution in [3.05, 3.63) is 28.2 Å². The summed E-state index contributed by atoms with van der Waals surface area (Å²) in [6, 6.07) is 5.49. The first-order valence-corrected chi connectivity index (χ1v) is 9.93. The quantitative estimate of drug-likeness (QED) is 0.574. The van der Waals surface area contributed by atoms with Crippen molar-refractivity contribution < 1.29 is 9.84 Å². The van der Waals surface area contributed by atoms with E-state index in [4.69, 9.17) is 27.9 Å². The molecular weight excluding hydrogens is 430 g/mol. The summed E-state index contributed by atoms with van der Waals surface area (Å²) in [6.45, 7) is 9.58. The minimum atomic E-state index is -0.560. The van der Waals surface area contributed by atoms with Crippen molar-refractivity contribution in [2.24, 2.45) is 0 Å². The van der Waals surface area contributed by atoms with Gasteiger partial charge in [-0.1, -0.05) is 29.6 Å². The monoisotopic (exact) mass is 460 g/mol. The Kier molecular flexibility index (Phi) is 14.1. The summed E-state index contributed by atoms with van der Waals surface area (Å²) in [7, 11) is 0. The molecule has 2 rings (SSSR count). The Morgan fingerprint density at radius 3 is 2.41 bits per heavy atom. The lowest BCUT2D eigenvalue weighted by Gasteiger charge is -2.33. The van der Waals surface area contributed by atoms with Crippen LogP contribution in [0.15, 0.2) is 18.2 Å². The molecule has 158 valence electrons. The molecule has 1 aromatic rings. The lowest BCUT2D eigenvalue weighted by atomic mass is 10.1. The molecule has 0 bridgehead atoms. The van der Waals surface area contributed by atoms with Gasteiger partial charge in [0.1, 0.15) is 18.5 Å². The van der Waals surface area contributed by atoms with Gasteiger partial charge in [-0.15, -0.1) is 24.8 Å². The second-order valence-corrected chi connectivity index (χ2v) is 7.87. The number of halogens is 4. The molecule has 1 fully saturated rings. The average Bonchev–Trinajstić information content (AvgIpc) is 2.58. The fraction of sp³-hybridized carbons (Fsp3) is 0.684. The third-order valence-corrected chi connectivity index (χ3v) is 5.18. The van der Waals surface area contributed by atoms with Crippen LogP contribution in [0, 0.1) is 0 Å². The lowest BCUT2D eigenvalue weighted by molar-refractivity contribution is 0.0518. The maximum absolute atomic E-state index is 10.4. The molecule has 27 heavy (non-hydrogen) atoms. The minimum absolute atomic E-state index is 0. The zero-order valence-corrected chi connectivity index (χ0v) is 19.2. The molecule has 1 aromatic carbocycles. The number of aliphatic hydroxyl groups is 1. The van der Waals surface area contributed by atoms with E-state index in [0.29, 0.717) is 28.4 Å². The summed E-state index contributed by atoms with van der Waals surface area (Å²) < 4.78 is 5.65. The molecule has 0 aromatic heterocycles. The number of benzene rings is 1. The van der Waals surface area contributed by atoms with Crippen LogP contribution in [0.3, 0.4) is 0 Å². The first-order valence-electron chi connectivity index (χ1n) is 9.18. The average molecular weight is 462 g/mol. The third kappa shape index (κ3) is 9.89. The summed E-state index contributed by atoms with van der Waals surface area (Å²) >= 11 is 12.0. The Bertz CT molecular complexity index is 528. The van der Waals surface area contributed by atoms with Crippen LogP contribution in [0.4, 0.5) is 0 Å². The van der Waals surface area contributed by atoms with Gasteiger partial charge in [-0.3, -0.25) is 4.90 Å². The molecule has 1 saturated heterocycles. The predicted molar refractivity (Wildman–Crippen MR) is 119 cm³/mol. The maximum Gasteiger partial charge on any atom is 0.138 e. The van der Waals surface area contributed by atoms with Gasteiger partial charge in [0.15, 0.2) is 0 Å². The van der Waals surface area contributed by atoms with Gasteiger partial charge in [0.25, 0.3) is 0 Å². The second-order valence-electron chi connectivity index (χ2n) is 7.03. The van der Waals surface area contributed by atoms with Gasteiger partial charge in [-0.25, -0.2) is 0 Å². The van der Waals surface area contributed by atoms with Crippen molar-refractivity contribution in [3.63, 3.8) is 0 Å². The zero-order chi connectivity index (χ0) is 18.2. The first-order chi connectivity index (χ1) is 12.0. The standard InChI is InChI=1S/C19H30Cl2N2O2.2ClH/c1-15(2)23(11-10-22-8-4-3-5-9-22)13-17(24)14-25-19-7-6-16(20)12-18(19)21;;/h6-7,12,15,17,24H,3-5,8-11,13-14H2,1-2H3;2*1H. The van der Waals surface area contributed by atoms with Gasteiger partial charge in [0.2, 0.25) is 0 Å². The molecule has 1 aliphatic rings. The molecule has 1 atom stereocenters. The van der Waals surface area contributed by atoms with Crippen LogP contribution in [0.25, 0.3) is 0 Å². The molecule has 8 heteroatoms. The molecule has 0 saturated carbocycles. The van der Waals surface area contributed by atoms with E-state index in [2.05, 4.69) is 23.6 Å². The van der Waals surface area contributed by atoms with Crippen LogP contribution in [0.2, 0.25) is 10.0 Å². The van der Waals surface area contributed by atoms with Gasteiger partial charge in [-0.05, 0) is 58.0 Å². The van der Waals surface area contributed by atoms with Gasteiger partial charge < -0.3 is 14.7 Å². The molecule has 4 nitrogen and oxygen atoms in total. The van der Waals surface area contributed by atoms with E-state index in [1.54, 1.807) is 18.2 Å². The van der Waals surface area contributed by atoms with Crippen molar-refractivity contribution in [2.45, 2.75) is 45.3 Å². The van der Waals surface area contributed by atoms with E-state index in [0.717, 1.165) is 13.1 Å². The highest BCUT2D eigenvalue weighted by molar-refractivity contribution is 6.35. The normalized spacial score (nSPS) is 16.0. The third-order valence-electron chi connectivity index (χ3n) is 4.65. The van der Waals surface area contributed by atoms with Crippen LogP contribution >= 0.6 is 48.0 Å². The molecule has 0 radical (unpaired) electrons. The fourth-order valence-electron chi connectivity index (χ4n) is 3.11. The number of rotatable bonds is 9. The smallest absolute Gasteiger partial charge is 0.138 e. The van der Waals surface area contributed by atoms with Crippen LogP contribution < -0.4 is 4.74 Å². The van der Waals surface area contributed by atoms with E-state index in [-0.39, 0.29) is 31.4 Å². The number of ether oxygens (including phenoxy) is 1. The number of hydrogen-bond donors (Lipinski definition) is 1. The van der Waals surface area contributed by atoms with E-state index in [1.807, 2.05) is 0 Å². The minimum Gasteiger partial charge on any atom is -0.489 e. The summed E-state index contributed by atoms with van der Waals surface area (Å²) in [5.41, 5.74) is 0. The molecule has 1 N–H and O–H groups in total. The Morgan fingerprint density at radius 2 is 1.81 bits per heavy atom. The fourth-order valence-corrected chi connectivity index (χ4v) is 3.58. The van der Waals surface area contributed by atoms with E-state index >= 15 is 0 Å². The molecular formula is C19H32Cl4N2O2. The van der Waals surface area contributed by atoms with Crippen molar-refractivity contribution in [3.8, 4) is 5.75 Å². The molecule has 1 heterocycles. The van der Waals surface area contributed by atoms with Gasteiger partial charge in [0.05, 0.1) is 5.02 Å². The zero-order valence-electron chi connectivity index (χ0n) is 16.1. The van der Waals surface area contributed by atoms with Crippen molar-refractivity contribution in [2.75, 3.05) is 39.3 Å². The summed E-state index contributed by atoms with van der Waals surface area (Å²) in [5.74, 6) is 0.550. The number of nitrogens with zero attached hydrogens (tertiary/aromatic N) is 2. The summed E-state index contributed by atoms with van der Waals surface area (Å²) in [5, 5.41) is 11.4. The van der Waals surface area contributed by atoms with Gasteiger partial charge in [0, 0.05) is 30.7 Å². The van der Waals surface area contributed by atoms with E-state index < -0.39 is 6.10 Å². The van der Waals surface area contributed by atoms with E-state index in [1.165, 1.54) is 32.4 Å². The number of aliphatic hydroxyl groups excluding tert-OH is 1. The topological polar surface area (TPSA) is 35.9 Å².